The minimum Gasteiger partial charge on any atom is -0.508 e. The highest BCUT2D eigenvalue weighted by atomic mass is 16.5. The van der Waals surface area contributed by atoms with E-state index in [1.165, 1.54) is 0 Å². The second kappa shape index (κ2) is 8.15. The number of phenolic OH excluding ortho intramolecular Hbond substituents is 1. The summed E-state index contributed by atoms with van der Waals surface area (Å²) < 4.78 is 10.2. The molecule has 0 aliphatic heterocycles. The summed E-state index contributed by atoms with van der Waals surface area (Å²) in [7, 11) is 1.60. The first-order valence-electron chi connectivity index (χ1n) is 8.16. The molecule has 7 nitrogen and oxygen atoms in total. The molecule has 26 heavy (non-hydrogen) atoms. The number of para-hydroxylation sites is 1. The summed E-state index contributed by atoms with van der Waals surface area (Å²) in [6, 6.07) is 14.3. The van der Waals surface area contributed by atoms with Gasteiger partial charge >= 0.3 is 0 Å². The van der Waals surface area contributed by atoms with Gasteiger partial charge in [-0.15, -0.1) is 0 Å². The third kappa shape index (κ3) is 4.38. The molecule has 3 aromatic rings. The van der Waals surface area contributed by atoms with E-state index in [2.05, 4.69) is 15.5 Å². The molecular weight excluding hydrogens is 334 g/mol. The van der Waals surface area contributed by atoms with Crippen LogP contribution in [0.4, 0.5) is 0 Å². The monoisotopic (exact) mass is 353 g/mol. The van der Waals surface area contributed by atoms with E-state index in [9.17, 15) is 9.90 Å². The smallest absolute Gasteiger partial charge is 0.236 e. The van der Waals surface area contributed by atoms with Gasteiger partial charge in [0.05, 0.1) is 7.11 Å². The average Bonchev–Trinajstić information content (AvgIpc) is 3.12. The van der Waals surface area contributed by atoms with Gasteiger partial charge in [0.25, 0.3) is 0 Å². The zero-order valence-corrected chi connectivity index (χ0v) is 14.3. The van der Waals surface area contributed by atoms with Gasteiger partial charge in [-0.2, -0.15) is 4.98 Å². The summed E-state index contributed by atoms with van der Waals surface area (Å²) in [5, 5.41) is 16.4. The molecule has 0 atom stereocenters. The van der Waals surface area contributed by atoms with Crippen molar-refractivity contribution in [3.8, 4) is 22.9 Å². The van der Waals surface area contributed by atoms with Gasteiger partial charge in [0, 0.05) is 12.1 Å². The summed E-state index contributed by atoms with van der Waals surface area (Å²) in [6.45, 7) is 0.413. The molecule has 0 bridgehead atoms. The fourth-order valence-electron chi connectivity index (χ4n) is 2.44. The lowest BCUT2D eigenvalue weighted by atomic mass is 10.1. The van der Waals surface area contributed by atoms with Crippen molar-refractivity contribution >= 4 is 5.91 Å². The van der Waals surface area contributed by atoms with Crippen molar-refractivity contribution in [2.24, 2.45) is 0 Å². The summed E-state index contributed by atoms with van der Waals surface area (Å²) in [5.41, 5.74) is 1.56. The third-order valence-corrected chi connectivity index (χ3v) is 3.84. The predicted octanol–water partition coefficient (Wildman–Crippen LogP) is 2.35. The van der Waals surface area contributed by atoms with Crippen LogP contribution in [0, 0.1) is 0 Å². The Labute approximate surface area is 150 Å². The largest absolute Gasteiger partial charge is 0.508 e. The van der Waals surface area contributed by atoms with Crippen molar-refractivity contribution in [3.63, 3.8) is 0 Å². The molecule has 7 heteroatoms. The van der Waals surface area contributed by atoms with E-state index in [0.717, 1.165) is 16.9 Å². The molecule has 1 heterocycles. The van der Waals surface area contributed by atoms with E-state index in [-0.39, 0.29) is 24.0 Å². The lowest BCUT2D eigenvalue weighted by Crippen LogP contribution is -2.27. The molecule has 0 saturated carbocycles. The first-order valence-corrected chi connectivity index (χ1v) is 8.16. The molecule has 2 aromatic carbocycles. The second-order valence-electron chi connectivity index (χ2n) is 5.65. The Bertz CT molecular complexity index is 875. The van der Waals surface area contributed by atoms with Crippen molar-refractivity contribution in [3.05, 3.63) is 60.0 Å². The van der Waals surface area contributed by atoms with E-state index >= 15 is 0 Å². The summed E-state index contributed by atoms with van der Waals surface area (Å²) in [4.78, 5) is 16.2. The van der Waals surface area contributed by atoms with Crippen LogP contribution in [0.15, 0.2) is 53.1 Å². The van der Waals surface area contributed by atoms with Crippen molar-refractivity contribution in [2.75, 3.05) is 13.7 Å². The van der Waals surface area contributed by atoms with Gasteiger partial charge in [-0.3, -0.25) is 4.79 Å². The molecule has 2 N–H and O–H groups in total. The topological polar surface area (TPSA) is 97.5 Å². The zero-order chi connectivity index (χ0) is 18.4. The molecule has 0 spiro atoms. The van der Waals surface area contributed by atoms with E-state index in [1.807, 2.05) is 24.3 Å². The van der Waals surface area contributed by atoms with E-state index in [1.54, 1.807) is 31.4 Å². The molecule has 1 amide bonds. The number of aromatic nitrogens is 2. The number of amides is 1. The first-order chi connectivity index (χ1) is 12.7. The van der Waals surface area contributed by atoms with Crippen LogP contribution in [0.25, 0.3) is 11.4 Å². The minimum atomic E-state index is -0.217. The number of nitrogens with one attached hydrogen (secondary N) is 1. The Kier molecular flexibility index (Phi) is 5.48. The van der Waals surface area contributed by atoms with Crippen LogP contribution >= 0.6 is 0 Å². The highest BCUT2D eigenvalue weighted by molar-refractivity contribution is 5.77. The normalized spacial score (nSPS) is 10.5. The SMILES string of the molecule is COc1ccc(-c2noc(CC(=O)NCCc3ccccc3O)n2)cc1. The molecule has 0 unspecified atom stereocenters. The Morgan fingerprint density at radius 3 is 2.69 bits per heavy atom. The number of phenols is 1. The van der Waals surface area contributed by atoms with Crippen LogP contribution in [0.2, 0.25) is 0 Å². The average molecular weight is 353 g/mol. The molecular formula is C19H19N3O4. The first kappa shape index (κ1) is 17.5. The van der Waals surface area contributed by atoms with Gasteiger partial charge in [-0.25, -0.2) is 0 Å². The van der Waals surface area contributed by atoms with Crippen molar-refractivity contribution in [2.45, 2.75) is 12.8 Å². The maximum atomic E-state index is 12.0. The summed E-state index contributed by atoms with van der Waals surface area (Å²) in [6.07, 6.45) is 0.545. The second-order valence-corrected chi connectivity index (χ2v) is 5.65. The molecule has 0 radical (unpaired) electrons. The number of hydrogen-bond donors (Lipinski definition) is 2. The number of carbonyl (C=O) groups is 1. The van der Waals surface area contributed by atoms with Gasteiger partial charge in [0.1, 0.15) is 17.9 Å². The number of carbonyl (C=O) groups excluding carboxylic acids is 1. The van der Waals surface area contributed by atoms with Gasteiger partial charge in [-0.1, -0.05) is 23.4 Å². The van der Waals surface area contributed by atoms with Crippen molar-refractivity contribution in [1.29, 1.82) is 0 Å². The molecule has 134 valence electrons. The summed E-state index contributed by atoms with van der Waals surface area (Å²) in [5.74, 6) is 1.41. The zero-order valence-electron chi connectivity index (χ0n) is 14.3. The number of nitrogens with zero attached hydrogens (tertiary/aromatic N) is 2. The Morgan fingerprint density at radius 1 is 1.19 bits per heavy atom. The molecule has 0 fully saturated rings. The van der Waals surface area contributed by atoms with Crippen LogP contribution < -0.4 is 10.1 Å². The van der Waals surface area contributed by atoms with Gasteiger partial charge < -0.3 is 19.7 Å². The van der Waals surface area contributed by atoms with E-state index in [4.69, 9.17) is 9.26 Å². The lowest BCUT2D eigenvalue weighted by Gasteiger charge is -2.05. The number of methoxy groups -OCH3 is 1. The molecule has 0 aliphatic rings. The minimum absolute atomic E-state index is 0.00390. The van der Waals surface area contributed by atoms with Crippen LogP contribution in [-0.2, 0) is 17.6 Å². The number of hydrogen-bond acceptors (Lipinski definition) is 6. The molecule has 0 saturated heterocycles. The molecule has 0 aliphatic carbocycles. The van der Waals surface area contributed by atoms with Gasteiger partial charge in [0.2, 0.25) is 17.6 Å². The number of ether oxygens (including phenoxy) is 1. The molecule has 1 aromatic heterocycles. The third-order valence-electron chi connectivity index (χ3n) is 3.84. The van der Waals surface area contributed by atoms with E-state index < -0.39 is 0 Å². The van der Waals surface area contributed by atoms with Crippen molar-refractivity contribution in [1.82, 2.24) is 15.5 Å². The maximum absolute atomic E-state index is 12.0. The highest BCUT2D eigenvalue weighted by Gasteiger charge is 2.12. The standard InChI is InChI=1S/C19H19N3O4/c1-25-15-8-6-14(7-9-15)19-21-18(26-22-19)12-17(24)20-11-10-13-4-2-3-5-16(13)23/h2-9,23H,10-12H2,1H3,(H,20,24). The fraction of sp³-hybridized carbons (Fsp3) is 0.211. The van der Waals surface area contributed by atoms with Crippen LogP contribution in [0.1, 0.15) is 11.5 Å². The number of rotatable bonds is 7. The van der Waals surface area contributed by atoms with E-state index in [0.29, 0.717) is 18.8 Å². The fourth-order valence-corrected chi connectivity index (χ4v) is 2.44. The van der Waals surface area contributed by atoms with Gasteiger partial charge in [0.15, 0.2) is 0 Å². The quantitative estimate of drug-likeness (QED) is 0.677. The predicted molar refractivity (Wildman–Crippen MR) is 94.8 cm³/mol. The van der Waals surface area contributed by atoms with Crippen molar-refractivity contribution < 1.29 is 19.2 Å². The Hall–Kier alpha value is -3.35. The molecule has 3 rings (SSSR count). The Balaban J connectivity index is 1.51. The van der Waals surface area contributed by atoms with Crippen LogP contribution in [0.5, 0.6) is 11.5 Å². The number of aromatic hydroxyl groups is 1. The summed E-state index contributed by atoms with van der Waals surface area (Å²) >= 11 is 0. The number of benzene rings is 2. The van der Waals surface area contributed by atoms with Crippen LogP contribution in [0.3, 0.4) is 0 Å². The maximum Gasteiger partial charge on any atom is 0.236 e. The van der Waals surface area contributed by atoms with Gasteiger partial charge in [-0.05, 0) is 42.3 Å². The lowest BCUT2D eigenvalue weighted by molar-refractivity contribution is -0.120. The van der Waals surface area contributed by atoms with Crippen LogP contribution in [-0.4, -0.2) is 34.8 Å². The highest BCUT2D eigenvalue weighted by Crippen LogP contribution is 2.20. The Morgan fingerprint density at radius 2 is 1.96 bits per heavy atom.